The van der Waals surface area contributed by atoms with Crippen LogP contribution in [-0.2, 0) is 4.74 Å². The summed E-state index contributed by atoms with van der Waals surface area (Å²) >= 11 is 0. The number of aliphatic hydroxyl groups is 1. The average Bonchev–Trinajstić information content (AvgIpc) is 1.68. The highest BCUT2D eigenvalue weighted by atomic mass is 16.5. The Labute approximate surface area is 49.8 Å². The standard InChI is InChI=1S/C6H12O2/c1-3-8-6(2)4-5-7/h3,6-7H,1,4-5H2,2H3. The number of hydrogen-bond acceptors (Lipinski definition) is 2. The Bertz CT molecular complexity index is 61.5. The van der Waals surface area contributed by atoms with Gasteiger partial charge in [0, 0.05) is 13.0 Å². The lowest BCUT2D eigenvalue weighted by atomic mass is 10.3. The number of aliphatic hydroxyl groups excluding tert-OH is 1. The van der Waals surface area contributed by atoms with E-state index in [1.54, 1.807) is 0 Å². The number of hydrogen-bond donors (Lipinski definition) is 1. The summed E-state index contributed by atoms with van der Waals surface area (Å²) in [6.07, 6.45) is 2.16. The van der Waals surface area contributed by atoms with E-state index in [0.29, 0.717) is 6.42 Å². The molecule has 0 aromatic rings. The lowest BCUT2D eigenvalue weighted by Crippen LogP contribution is -2.05. The van der Waals surface area contributed by atoms with E-state index in [2.05, 4.69) is 6.58 Å². The molecule has 48 valence electrons. The van der Waals surface area contributed by atoms with Crippen LogP contribution in [-0.4, -0.2) is 17.8 Å². The SMILES string of the molecule is C=COC(C)CCO. The second-order valence-corrected chi connectivity index (χ2v) is 1.63. The average molecular weight is 116 g/mol. The molecule has 0 aliphatic heterocycles. The van der Waals surface area contributed by atoms with Crippen molar-refractivity contribution >= 4 is 0 Å². The van der Waals surface area contributed by atoms with Crippen LogP contribution < -0.4 is 0 Å². The molecule has 0 radical (unpaired) electrons. The van der Waals surface area contributed by atoms with Gasteiger partial charge in [-0.05, 0) is 6.92 Å². The molecule has 0 heterocycles. The molecule has 1 atom stereocenters. The first-order valence-corrected chi connectivity index (χ1v) is 2.68. The second kappa shape index (κ2) is 4.65. The minimum Gasteiger partial charge on any atom is -0.499 e. The van der Waals surface area contributed by atoms with Gasteiger partial charge in [-0.3, -0.25) is 0 Å². The Balaban J connectivity index is 3.03. The zero-order valence-corrected chi connectivity index (χ0v) is 5.13. The van der Waals surface area contributed by atoms with Crippen LogP contribution in [0.2, 0.25) is 0 Å². The predicted molar refractivity (Wildman–Crippen MR) is 32.4 cm³/mol. The number of ether oxygens (including phenoxy) is 1. The van der Waals surface area contributed by atoms with Crippen LogP contribution in [0.5, 0.6) is 0 Å². The highest BCUT2D eigenvalue weighted by Gasteiger charge is 1.95. The topological polar surface area (TPSA) is 29.5 Å². The molecule has 1 N–H and O–H groups in total. The van der Waals surface area contributed by atoms with E-state index < -0.39 is 0 Å². The summed E-state index contributed by atoms with van der Waals surface area (Å²) < 4.78 is 4.89. The van der Waals surface area contributed by atoms with Crippen molar-refractivity contribution in [1.82, 2.24) is 0 Å². The minimum absolute atomic E-state index is 0.0949. The molecule has 0 bridgehead atoms. The maximum atomic E-state index is 8.35. The molecule has 2 heteroatoms. The van der Waals surface area contributed by atoms with Crippen LogP contribution in [0.1, 0.15) is 13.3 Å². The molecule has 0 aromatic carbocycles. The summed E-state index contributed by atoms with van der Waals surface area (Å²) in [7, 11) is 0. The van der Waals surface area contributed by atoms with E-state index >= 15 is 0 Å². The van der Waals surface area contributed by atoms with Gasteiger partial charge < -0.3 is 9.84 Å². The molecule has 0 fully saturated rings. The molecule has 0 spiro atoms. The fraction of sp³-hybridized carbons (Fsp3) is 0.667. The fourth-order valence-corrected chi connectivity index (χ4v) is 0.414. The fourth-order valence-electron chi connectivity index (χ4n) is 0.414. The summed E-state index contributed by atoms with van der Waals surface area (Å²) in [4.78, 5) is 0. The normalized spacial score (nSPS) is 12.8. The summed E-state index contributed by atoms with van der Waals surface area (Å²) in [6, 6.07) is 0. The first-order valence-electron chi connectivity index (χ1n) is 2.68. The summed E-state index contributed by atoms with van der Waals surface area (Å²) in [6.45, 7) is 5.44. The minimum atomic E-state index is 0.0949. The predicted octanol–water partition coefficient (Wildman–Crippen LogP) is 0.917. The van der Waals surface area contributed by atoms with Crippen molar-refractivity contribution in [2.45, 2.75) is 19.4 Å². The van der Waals surface area contributed by atoms with Gasteiger partial charge in [0.1, 0.15) is 0 Å². The summed E-state index contributed by atoms with van der Waals surface area (Å²) in [5.41, 5.74) is 0. The van der Waals surface area contributed by atoms with E-state index in [1.807, 2.05) is 6.92 Å². The van der Waals surface area contributed by atoms with Gasteiger partial charge in [0.2, 0.25) is 0 Å². The van der Waals surface area contributed by atoms with Crippen LogP contribution in [0.25, 0.3) is 0 Å². The van der Waals surface area contributed by atoms with Gasteiger partial charge in [0.15, 0.2) is 0 Å². The third-order valence-corrected chi connectivity index (χ3v) is 0.864. The van der Waals surface area contributed by atoms with Gasteiger partial charge in [0.25, 0.3) is 0 Å². The van der Waals surface area contributed by atoms with E-state index in [-0.39, 0.29) is 12.7 Å². The van der Waals surface area contributed by atoms with E-state index in [9.17, 15) is 0 Å². The van der Waals surface area contributed by atoms with Gasteiger partial charge in [-0.2, -0.15) is 0 Å². The Morgan fingerprint density at radius 3 is 2.88 bits per heavy atom. The lowest BCUT2D eigenvalue weighted by Gasteiger charge is -2.06. The first-order chi connectivity index (χ1) is 3.81. The summed E-state index contributed by atoms with van der Waals surface area (Å²) in [5.74, 6) is 0. The number of rotatable bonds is 4. The summed E-state index contributed by atoms with van der Waals surface area (Å²) in [5, 5.41) is 8.35. The first kappa shape index (κ1) is 7.50. The van der Waals surface area contributed by atoms with Crippen molar-refractivity contribution in [1.29, 1.82) is 0 Å². The van der Waals surface area contributed by atoms with Crippen molar-refractivity contribution in [2.24, 2.45) is 0 Å². The lowest BCUT2D eigenvalue weighted by molar-refractivity contribution is 0.126. The molecule has 0 amide bonds. The van der Waals surface area contributed by atoms with Crippen molar-refractivity contribution < 1.29 is 9.84 Å². The Morgan fingerprint density at radius 1 is 1.88 bits per heavy atom. The largest absolute Gasteiger partial charge is 0.499 e. The third kappa shape index (κ3) is 3.68. The van der Waals surface area contributed by atoms with Crippen LogP contribution in [0.15, 0.2) is 12.8 Å². The van der Waals surface area contributed by atoms with Crippen LogP contribution in [0.3, 0.4) is 0 Å². The highest BCUT2D eigenvalue weighted by molar-refractivity contribution is 4.55. The van der Waals surface area contributed by atoms with E-state index in [1.165, 1.54) is 6.26 Å². The van der Waals surface area contributed by atoms with Crippen LogP contribution in [0, 0.1) is 0 Å². The van der Waals surface area contributed by atoms with Gasteiger partial charge in [0.05, 0.1) is 12.4 Å². The molecule has 1 unspecified atom stereocenters. The Morgan fingerprint density at radius 2 is 2.50 bits per heavy atom. The highest BCUT2D eigenvalue weighted by Crippen LogP contribution is 1.94. The monoisotopic (exact) mass is 116 g/mol. The molecule has 0 aliphatic rings. The van der Waals surface area contributed by atoms with Crippen molar-refractivity contribution in [2.75, 3.05) is 6.61 Å². The maximum absolute atomic E-state index is 8.35. The quantitative estimate of drug-likeness (QED) is 0.553. The van der Waals surface area contributed by atoms with Gasteiger partial charge >= 0.3 is 0 Å². The zero-order chi connectivity index (χ0) is 6.41. The molecular weight excluding hydrogens is 104 g/mol. The van der Waals surface area contributed by atoms with Crippen LogP contribution in [0.4, 0.5) is 0 Å². The Hall–Kier alpha value is -0.500. The third-order valence-electron chi connectivity index (χ3n) is 0.864. The van der Waals surface area contributed by atoms with Crippen molar-refractivity contribution in [3.8, 4) is 0 Å². The molecule has 8 heavy (non-hydrogen) atoms. The van der Waals surface area contributed by atoms with Gasteiger partial charge in [-0.15, -0.1) is 0 Å². The van der Waals surface area contributed by atoms with E-state index in [0.717, 1.165) is 0 Å². The van der Waals surface area contributed by atoms with Gasteiger partial charge in [-0.1, -0.05) is 6.58 Å². The van der Waals surface area contributed by atoms with Gasteiger partial charge in [-0.25, -0.2) is 0 Å². The van der Waals surface area contributed by atoms with Crippen molar-refractivity contribution in [3.05, 3.63) is 12.8 Å². The molecular formula is C6H12O2. The van der Waals surface area contributed by atoms with E-state index in [4.69, 9.17) is 9.84 Å². The maximum Gasteiger partial charge on any atom is 0.0971 e. The second-order valence-electron chi connectivity index (χ2n) is 1.63. The zero-order valence-electron chi connectivity index (χ0n) is 5.13. The van der Waals surface area contributed by atoms with Crippen LogP contribution >= 0.6 is 0 Å². The van der Waals surface area contributed by atoms with Crippen molar-refractivity contribution in [3.63, 3.8) is 0 Å². The smallest absolute Gasteiger partial charge is 0.0971 e. The molecule has 0 aromatic heterocycles. The molecule has 0 saturated heterocycles. The Kier molecular flexibility index (Phi) is 4.36. The molecule has 0 aliphatic carbocycles. The molecule has 0 saturated carbocycles. The molecule has 2 nitrogen and oxygen atoms in total. The molecule has 0 rings (SSSR count).